The minimum absolute atomic E-state index is 0.0357. The number of hydrogen-bond donors (Lipinski definition) is 1. The highest BCUT2D eigenvalue weighted by Crippen LogP contribution is 2.22. The predicted octanol–water partition coefficient (Wildman–Crippen LogP) is 3.77. The van der Waals surface area contributed by atoms with Crippen LogP contribution in [0.2, 0.25) is 5.02 Å². The minimum Gasteiger partial charge on any atom is -0.352 e. The monoisotopic (exact) mass is 357 g/mol. The van der Waals surface area contributed by atoms with E-state index in [9.17, 15) is 4.79 Å². The van der Waals surface area contributed by atoms with Gasteiger partial charge in [-0.1, -0.05) is 23.7 Å². The highest BCUT2D eigenvalue weighted by atomic mass is 35.5. The first-order valence-electron chi connectivity index (χ1n) is 8.86. The maximum Gasteiger partial charge on any atom is 0.252 e. The molecule has 0 atom stereocenters. The quantitative estimate of drug-likeness (QED) is 0.856. The van der Waals surface area contributed by atoms with E-state index < -0.39 is 0 Å². The molecule has 1 aromatic carbocycles. The van der Waals surface area contributed by atoms with Crippen LogP contribution in [0.3, 0.4) is 0 Å². The Morgan fingerprint density at radius 2 is 2.08 bits per heavy atom. The van der Waals surface area contributed by atoms with E-state index in [1.54, 1.807) is 24.5 Å². The topological polar surface area (TPSA) is 45.2 Å². The lowest BCUT2D eigenvalue weighted by atomic mass is 9.93. The number of amides is 1. The number of nitrogens with zero attached hydrogens (tertiary/aromatic N) is 2. The Balaban J connectivity index is 1.36. The van der Waals surface area contributed by atoms with Crippen LogP contribution in [-0.2, 0) is 6.54 Å². The summed E-state index contributed by atoms with van der Waals surface area (Å²) in [7, 11) is 0. The number of carbonyl (C=O) groups excluding carboxylic acids is 1. The van der Waals surface area contributed by atoms with Crippen molar-refractivity contribution in [1.82, 2.24) is 15.2 Å². The fourth-order valence-electron chi connectivity index (χ4n) is 3.32. The van der Waals surface area contributed by atoms with Crippen molar-refractivity contribution in [1.29, 1.82) is 0 Å². The first kappa shape index (κ1) is 17.9. The maximum absolute atomic E-state index is 12.0. The zero-order valence-electron chi connectivity index (χ0n) is 14.3. The van der Waals surface area contributed by atoms with Crippen molar-refractivity contribution >= 4 is 17.5 Å². The van der Waals surface area contributed by atoms with Gasteiger partial charge in [-0.05, 0) is 68.1 Å². The second-order valence-corrected chi connectivity index (χ2v) is 7.07. The molecule has 5 heteroatoms. The number of benzene rings is 1. The van der Waals surface area contributed by atoms with Crippen molar-refractivity contribution in [2.75, 3.05) is 19.6 Å². The third-order valence-corrected chi connectivity index (χ3v) is 5.00. The van der Waals surface area contributed by atoms with Crippen LogP contribution in [-0.4, -0.2) is 35.4 Å². The first-order valence-corrected chi connectivity index (χ1v) is 9.23. The maximum atomic E-state index is 12.0. The zero-order chi connectivity index (χ0) is 17.5. The summed E-state index contributed by atoms with van der Waals surface area (Å²) in [6.07, 6.45) is 6.68. The second kappa shape index (κ2) is 8.97. The molecule has 1 aliphatic rings. The molecule has 1 N–H and O–H groups in total. The van der Waals surface area contributed by atoms with Gasteiger partial charge >= 0.3 is 0 Å². The molecule has 1 saturated heterocycles. The van der Waals surface area contributed by atoms with E-state index in [0.717, 1.165) is 37.6 Å². The summed E-state index contributed by atoms with van der Waals surface area (Å²) in [6, 6.07) is 11.7. The van der Waals surface area contributed by atoms with E-state index in [1.807, 2.05) is 18.2 Å². The lowest BCUT2D eigenvalue weighted by molar-refractivity contribution is 0.0947. The van der Waals surface area contributed by atoms with Crippen LogP contribution < -0.4 is 5.32 Å². The van der Waals surface area contributed by atoms with Gasteiger partial charge in [0.1, 0.15) is 0 Å². The Labute approximate surface area is 154 Å². The van der Waals surface area contributed by atoms with Crippen LogP contribution in [0.25, 0.3) is 0 Å². The zero-order valence-corrected chi connectivity index (χ0v) is 15.1. The average Bonchev–Trinajstić information content (AvgIpc) is 2.64. The SMILES string of the molecule is O=C(NCCC1CCN(Cc2cccc(Cl)c2)CC1)c1cccnc1. The Hall–Kier alpha value is -1.91. The van der Waals surface area contributed by atoms with Crippen molar-refractivity contribution in [3.05, 3.63) is 64.9 Å². The van der Waals surface area contributed by atoms with Crippen LogP contribution in [0.4, 0.5) is 0 Å². The van der Waals surface area contributed by atoms with Crippen molar-refractivity contribution < 1.29 is 4.79 Å². The van der Waals surface area contributed by atoms with E-state index in [0.29, 0.717) is 11.5 Å². The molecule has 25 heavy (non-hydrogen) atoms. The first-order chi connectivity index (χ1) is 12.2. The van der Waals surface area contributed by atoms with Gasteiger partial charge < -0.3 is 5.32 Å². The van der Waals surface area contributed by atoms with E-state index in [4.69, 9.17) is 11.6 Å². The average molecular weight is 358 g/mol. The van der Waals surface area contributed by atoms with E-state index in [1.165, 1.54) is 18.4 Å². The molecule has 2 heterocycles. The molecular formula is C20H24ClN3O. The molecule has 0 aliphatic carbocycles. The lowest BCUT2D eigenvalue weighted by Gasteiger charge is -2.32. The van der Waals surface area contributed by atoms with Gasteiger partial charge in [-0.15, -0.1) is 0 Å². The largest absolute Gasteiger partial charge is 0.352 e. The number of carbonyl (C=O) groups is 1. The number of hydrogen-bond acceptors (Lipinski definition) is 3. The Bertz CT molecular complexity index is 684. The van der Waals surface area contributed by atoms with Gasteiger partial charge in [0.15, 0.2) is 0 Å². The molecule has 4 nitrogen and oxygen atoms in total. The third kappa shape index (κ3) is 5.55. The predicted molar refractivity (Wildman–Crippen MR) is 101 cm³/mol. The molecule has 1 aliphatic heterocycles. The minimum atomic E-state index is -0.0357. The molecule has 0 bridgehead atoms. The van der Waals surface area contributed by atoms with Gasteiger partial charge in [-0.3, -0.25) is 14.7 Å². The molecule has 0 spiro atoms. The molecule has 1 fully saturated rings. The summed E-state index contributed by atoms with van der Waals surface area (Å²) in [5.41, 5.74) is 1.90. The Morgan fingerprint density at radius 3 is 2.80 bits per heavy atom. The van der Waals surface area contributed by atoms with Crippen molar-refractivity contribution in [3.8, 4) is 0 Å². The summed E-state index contributed by atoms with van der Waals surface area (Å²) in [5.74, 6) is 0.649. The number of halogens is 1. The number of pyridine rings is 1. The van der Waals surface area contributed by atoms with Crippen LogP contribution in [0, 0.1) is 5.92 Å². The van der Waals surface area contributed by atoms with Gasteiger partial charge in [-0.25, -0.2) is 0 Å². The molecule has 1 aromatic heterocycles. The van der Waals surface area contributed by atoms with Crippen molar-refractivity contribution in [2.45, 2.75) is 25.8 Å². The number of rotatable bonds is 6. The van der Waals surface area contributed by atoms with E-state index >= 15 is 0 Å². The smallest absolute Gasteiger partial charge is 0.252 e. The molecule has 3 rings (SSSR count). The lowest BCUT2D eigenvalue weighted by Crippen LogP contribution is -2.34. The fraction of sp³-hybridized carbons (Fsp3) is 0.400. The Morgan fingerprint density at radius 1 is 1.24 bits per heavy atom. The fourth-order valence-corrected chi connectivity index (χ4v) is 3.53. The summed E-state index contributed by atoms with van der Waals surface area (Å²) in [4.78, 5) is 18.5. The van der Waals surface area contributed by atoms with Crippen LogP contribution in [0.15, 0.2) is 48.8 Å². The van der Waals surface area contributed by atoms with Gasteiger partial charge in [0.05, 0.1) is 5.56 Å². The number of aromatic nitrogens is 1. The second-order valence-electron chi connectivity index (χ2n) is 6.64. The molecule has 0 saturated carbocycles. The van der Waals surface area contributed by atoms with Gasteiger partial charge in [0.25, 0.3) is 5.91 Å². The van der Waals surface area contributed by atoms with Gasteiger partial charge in [0.2, 0.25) is 0 Å². The van der Waals surface area contributed by atoms with Gasteiger partial charge in [0, 0.05) is 30.5 Å². The highest BCUT2D eigenvalue weighted by molar-refractivity contribution is 6.30. The molecular weight excluding hydrogens is 334 g/mol. The van der Waals surface area contributed by atoms with Crippen LogP contribution >= 0.6 is 11.6 Å². The molecule has 0 radical (unpaired) electrons. The third-order valence-electron chi connectivity index (χ3n) is 4.76. The molecule has 132 valence electrons. The van der Waals surface area contributed by atoms with E-state index in [-0.39, 0.29) is 5.91 Å². The van der Waals surface area contributed by atoms with Crippen LogP contribution in [0.1, 0.15) is 35.2 Å². The van der Waals surface area contributed by atoms with Gasteiger partial charge in [-0.2, -0.15) is 0 Å². The summed E-state index contributed by atoms with van der Waals surface area (Å²) in [6.45, 7) is 3.90. The van der Waals surface area contributed by atoms with Crippen molar-refractivity contribution in [3.63, 3.8) is 0 Å². The molecule has 0 unspecified atom stereocenters. The number of piperidine rings is 1. The molecule has 1 amide bonds. The van der Waals surface area contributed by atoms with Crippen LogP contribution in [0.5, 0.6) is 0 Å². The molecule has 2 aromatic rings. The van der Waals surface area contributed by atoms with Crippen molar-refractivity contribution in [2.24, 2.45) is 5.92 Å². The number of nitrogens with one attached hydrogen (secondary N) is 1. The highest BCUT2D eigenvalue weighted by Gasteiger charge is 2.19. The standard InChI is InChI=1S/C20H24ClN3O/c21-19-5-1-3-17(13-19)15-24-11-7-16(8-12-24)6-10-23-20(25)18-4-2-9-22-14-18/h1-5,9,13-14,16H,6-8,10-12,15H2,(H,23,25). The summed E-state index contributed by atoms with van der Waals surface area (Å²) < 4.78 is 0. The Kier molecular flexibility index (Phi) is 6.42. The van der Waals surface area contributed by atoms with E-state index in [2.05, 4.69) is 21.3 Å². The summed E-state index contributed by atoms with van der Waals surface area (Å²) in [5, 5.41) is 3.80. The summed E-state index contributed by atoms with van der Waals surface area (Å²) >= 11 is 6.06. The normalized spacial score (nSPS) is 15.9. The number of likely N-dealkylation sites (tertiary alicyclic amines) is 1.